The molecule has 134 valence electrons. The summed E-state index contributed by atoms with van der Waals surface area (Å²) in [6, 6.07) is 5.28. The van der Waals surface area contributed by atoms with E-state index in [0.717, 1.165) is 32.5 Å². The Bertz CT molecular complexity index is 526. The summed E-state index contributed by atoms with van der Waals surface area (Å²) >= 11 is 0. The topological polar surface area (TPSA) is 57.2 Å². The van der Waals surface area contributed by atoms with E-state index in [-0.39, 0.29) is 5.91 Å². The number of methoxy groups -OCH3 is 3. The van der Waals surface area contributed by atoms with Crippen molar-refractivity contribution < 1.29 is 23.7 Å². The number of amides is 1. The van der Waals surface area contributed by atoms with Gasteiger partial charge in [0.15, 0.2) is 11.5 Å². The summed E-state index contributed by atoms with van der Waals surface area (Å²) in [7, 11) is 4.82. The Kier molecular flexibility index (Phi) is 7.34. The first kappa shape index (κ1) is 18.5. The molecule has 1 heterocycles. The highest BCUT2D eigenvalue weighted by atomic mass is 16.5. The monoisotopic (exact) mass is 337 g/mol. The third-order valence-corrected chi connectivity index (χ3v) is 4.32. The lowest BCUT2D eigenvalue weighted by Gasteiger charge is -2.32. The number of carbonyl (C=O) groups excluding carboxylic acids is 1. The van der Waals surface area contributed by atoms with Crippen LogP contribution in [-0.4, -0.2) is 65.0 Å². The second-order valence-corrected chi connectivity index (χ2v) is 5.87. The molecule has 1 aliphatic rings. The van der Waals surface area contributed by atoms with E-state index >= 15 is 0 Å². The summed E-state index contributed by atoms with van der Waals surface area (Å²) in [5.41, 5.74) is 0.627. The van der Waals surface area contributed by atoms with Crippen LogP contribution < -0.4 is 9.47 Å². The SMILES string of the molecule is COCCOCC1CCN(C(=O)c2ccc(OC)c(OC)c2)CC1. The quantitative estimate of drug-likeness (QED) is 0.681. The molecule has 24 heavy (non-hydrogen) atoms. The zero-order valence-corrected chi connectivity index (χ0v) is 14.7. The van der Waals surface area contributed by atoms with Crippen LogP contribution in [0.5, 0.6) is 11.5 Å². The van der Waals surface area contributed by atoms with Crippen molar-refractivity contribution in [3.63, 3.8) is 0 Å². The molecular formula is C18H27NO5. The highest BCUT2D eigenvalue weighted by Crippen LogP contribution is 2.28. The highest BCUT2D eigenvalue weighted by Gasteiger charge is 2.24. The van der Waals surface area contributed by atoms with Crippen molar-refractivity contribution in [2.45, 2.75) is 12.8 Å². The van der Waals surface area contributed by atoms with Gasteiger partial charge >= 0.3 is 0 Å². The van der Waals surface area contributed by atoms with Crippen LogP contribution in [0.25, 0.3) is 0 Å². The number of carbonyl (C=O) groups is 1. The van der Waals surface area contributed by atoms with Gasteiger partial charge in [0.2, 0.25) is 0 Å². The van der Waals surface area contributed by atoms with Gasteiger partial charge in [-0.2, -0.15) is 0 Å². The van der Waals surface area contributed by atoms with E-state index < -0.39 is 0 Å². The van der Waals surface area contributed by atoms with Gasteiger partial charge in [-0.05, 0) is 37.0 Å². The molecule has 1 fully saturated rings. The first-order chi connectivity index (χ1) is 11.7. The number of ether oxygens (including phenoxy) is 4. The smallest absolute Gasteiger partial charge is 0.253 e. The molecule has 0 saturated carbocycles. The van der Waals surface area contributed by atoms with Crippen LogP contribution in [0.15, 0.2) is 18.2 Å². The van der Waals surface area contributed by atoms with E-state index in [1.54, 1.807) is 39.5 Å². The number of benzene rings is 1. The zero-order chi connectivity index (χ0) is 17.4. The van der Waals surface area contributed by atoms with Gasteiger partial charge in [0.1, 0.15) is 0 Å². The van der Waals surface area contributed by atoms with E-state index in [1.165, 1.54) is 0 Å². The van der Waals surface area contributed by atoms with Gasteiger partial charge < -0.3 is 23.8 Å². The number of likely N-dealkylation sites (tertiary alicyclic amines) is 1. The number of rotatable bonds is 8. The predicted molar refractivity (Wildman–Crippen MR) is 90.9 cm³/mol. The summed E-state index contributed by atoms with van der Waals surface area (Å²) in [5.74, 6) is 1.75. The van der Waals surface area contributed by atoms with Gasteiger partial charge in [0, 0.05) is 32.4 Å². The van der Waals surface area contributed by atoms with E-state index in [0.29, 0.717) is 36.2 Å². The number of nitrogens with zero attached hydrogens (tertiary/aromatic N) is 1. The predicted octanol–water partition coefficient (Wildman–Crippen LogP) is 2.22. The first-order valence-corrected chi connectivity index (χ1v) is 8.27. The molecule has 1 aliphatic heterocycles. The maximum atomic E-state index is 12.7. The largest absolute Gasteiger partial charge is 0.493 e. The molecule has 0 aromatic heterocycles. The first-order valence-electron chi connectivity index (χ1n) is 8.27. The molecule has 1 aromatic rings. The Morgan fingerprint density at radius 1 is 1.08 bits per heavy atom. The van der Waals surface area contributed by atoms with Crippen LogP contribution in [0, 0.1) is 5.92 Å². The van der Waals surface area contributed by atoms with Crippen molar-refractivity contribution >= 4 is 5.91 Å². The van der Waals surface area contributed by atoms with E-state index in [4.69, 9.17) is 18.9 Å². The second kappa shape index (κ2) is 9.49. The molecule has 1 saturated heterocycles. The zero-order valence-electron chi connectivity index (χ0n) is 14.7. The molecule has 1 aromatic carbocycles. The standard InChI is InChI=1S/C18H27NO5/c1-21-10-11-24-13-14-6-8-19(9-7-14)18(20)15-4-5-16(22-2)17(12-15)23-3/h4-5,12,14H,6-11,13H2,1-3H3. The number of hydrogen-bond acceptors (Lipinski definition) is 5. The summed E-state index contributed by atoms with van der Waals surface area (Å²) in [5, 5.41) is 0. The third kappa shape index (κ3) is 4.85. The maximum absolute atomic E-state index is 12.7. The number of piperidine rings is 1. The van der Waals surface area contributed by atoms with Crippen LogP contribution >= 0.6 is 0 Å². The molecule has 0 radical (unpaired) electrons. The summed E-state index contributed by atoms with van der Waals surface area (Å²) < 4.78 is 21.0. The van der Waals surface area contributed by atoms with Crippen molar-refractivity contribution in [3.05, 3.63) is 23.8 Å². The number of hydrogen-bond donors (Lipinski definition) is 0. The fourth-order valence-electron chi connectivity index (χ4n) is 2.85. The summed E-state index contributed by atoms with van der Waals surface area (Å²) in [6.45, 7) is 3.50. The van der Waals surface area contributed by atoms with Crippen molar-refractivity contribution in [2.75, 3.05) is 54.2 Å². The van der Waals surface area contributed by atoms with Gasteiger partial charge in [0.25, 0.3) is 5.91 Å². The lowest BCUT2D eigenvalue weighted by Crippen LogP contribution is -2.39. The molecule has 0 N–H and O–H groups in total. The minimum Gasteiger partial charge on any atom is -0.493 e. The van der Waals surface area contributed by atoms with Gasteiger partial charge in [-0.25, -0.2) is 0 Å². The van der Waals surface area contributed by atoms with Gasteiger partial charge in [0.05, 0.1) is 27.4 Å². The normalized spacial score (nSPS) is 15.4. The van der Waals surface area contributed by atoms with Gasteiger partial charge in [-0.3, -0.25) is 4.79 Å². The lowest BCUT2D eigenvalue weighted by molar-refractivity contribution is 0.0327. The highest BCUT2D eigenvalue weighted by molar-refractivity contribution is 5.95. The van der Waals surface area contributed by atoms with Crippen LogP contribution in [0.4, 0.5) is 0 Å². The molecule has 2 rings (SSSR count). The molecular weight excluding hydrogens is 310 g/mol. The van der Waals surface area contributed by atoms with Gasteiger partial charge in [-0.15, -0.1) is 0 Å². The minimum atomic E-state index is 0.0368. The summed E-state index contributed by atoms with van der Waals surface area (Å²) in [4.78, 5) is 14.6. The third-order valence-electron chi connectivity index (χ3n) is 4.32. The van der Waals surface area contributed by atoms with Crippen LogP contribution in [0.2, 0.25) is 0 Å². The van der Waals surface area contributed by atoms with Crippen LogP contribution in [-0.2, 0) is 9.47 Å². The average molecular weight is 337 g/mol. The van der Waals surface area contributed by atoms with E-state index in [9.17, 15) is 4.79 Å². The maximum Gasteiger partial charge on any atom is 0.253 e. The molecule has 0 bridgehead atoms. The Balaban J connectivity index is 1.86. The minimum absolute atomic E-state index is 0.0368. The lowest BCUT2D eigenvalue weighted by atomic mass is 9.97. The van der Waals surface area contributed by atoms with E-state index in [2.05, 4.69) is 0 Å². The molecule has 1 amide bonds. The molecule has 0 spiro atoms. The second-order valence-electron chi connectivity index (χ2n) is 5.87. The van der Waals surface area contributed by atoms with E-state index in [1.807, 2.05) is 4.90 Å². The van der Waals surface area contributed by atoms with Crippen LogP contribution in [0.3, 0.4) is 0 Å². The Morgan fingerprint density at radius 2 is 1.79 bits per heavy atom. The van der Waals surface area contributed by atoms with Crippen molar-refractivity contribution in [1.29, 1.82) is 0 Å². The van der Waals surface area contributed by atoms with Crippen molar-refractivity contribution in [2.24, 2.45) is 5.92 Å². The molecule has 6 heteroatoms. The van der Waals surface area contributed by atoms with Gasteiger partial charge in [-0.1, -0.05) is 0 Å². The van der Waals surface area contributed by atoms with Crippen molar-refractivity contribution in [1.82, 2.24) is 4.90 Å². The molecule has 0 aliphatic carbocycles. The Morgan fingerprint density at radius 3 is 2.42 bits per heavy atom. The Hall–Kier alpha value is -1.79. The molecule has 0 atom stereocenters. The van der Waals surface area contributed by atoms with Crippen LogP contribution in [0.1, 0.15) is 23.2 Å². The fourth-order valence-corrected chi connectivity index (χ4v) is 2.85. The molecule has 0 unspecified atom stereocenters. The Labute approximate surface area is 143 Å². The fraction of sp³-hybridized carbons (Fsp3) is 0.611. The summed E-state index contributed by atoms with van der Waals surface area (Å²) in [6.07, 6.45) is 1.93. The van der Waals surface area contributed by atoms with Crippen molar-refractivity contribution in [3.8, 4) is 11.5 Å². The average Bonchev–Trinajstić information content (AvgIpc) is 2.64. The molecule has 6 nitrogen and oxygen atoms in total.